The van der Waals surface area contributed by atoms with Crippen LogP contribution in [0.3, 0.4) is 0 Å². The highest BCUT2D eigenvalue weighted by molar-refractivity contribution is 7.12. The largest absolute Gasteiger partial charge is 0.365 e. The second kappa shape index (κ2) is 11.1. The Bertz CT molecular complexity index is 957. The smallest absolute Gasteiger partial charge is 0.274 e. The van der Waals surface area contributed by atoms with Gasteiger partial charge in [0.05, 0.1) is 11.0 Å². The number of benzene rings is 1. The Morgan fingerprint density at radius 2 is 2.03 bits per heavy atom. The number of aryl methyl sites for hydroxylation is 1. The fraction of sp³-hybridized carbons (Fsp3) is 0.524. The van der Waals surface area contributed by atoms with Gasteiger partial charge in [0.2, 0.25) is 4.80 Å². The van der Waals surface area contributed by atoms with Gasteiger partial charge in [0.25, 0.3) is 6.20 Å². The molecule has 0 radical (unpaired) electrons. The van der Waals surface area contributed by atoms with Crippen molar-refractivity contribution >= 4 is 17.0 Å². The fourth-order valence-corrected chi connectivity index (χ4v) is 4.40. The topological polar surface area (TPSA) is 101 Å². The number of aromatic nitrogens is 2. The molecular weight excluding hydrogens is 414 g/mol. The minimum absolute atomic E-state index is 0.355. The summed E-state index contributed by atoms with van der Waals surface area (Å²) in [6, 6.07) is 8.14. The predicted octanol–water partition coefficient (Wildman–Crippen LogP) is 3.02. The second-order valence-electron chi connectivity index (χ2n) is 7.99. The van der Waals surface area contributed by atoms with Crippen molar-refractivity contribution < 1.29 is 4.92 Å². The van der Waals surface area contributed by atoms with Gasteiger partial charge in [-0.3, -0.25) is 15.1 Å². The van der Waals surface area contributed by atoms with Gasteiger partial charge in [0.1, 0.15) is 5.01 Å². The highest BCUT2D eigenvalue weighted by atomic mass is 32.1. The van der Waals surface area contributed by atoms with E-state index in [4.69, 9.17) is 4.99 Å². The van der Waals surface area contributed by atoms with Crippen LogP contribution in [0, 0.1) is 10.1 Å². The van der Waals surface area contributed by atoms with Crippen LogP contribution in [-0.4, -0.2) is 52.8 Å². The van der Waals surface area contributed by atoms with Crippen LogP contribution >= 0.6 is 11.3 Å². The van der Waals surface area contributed by atoms with Crippen LogP contribution in [0.25, 0.3) is 10.6 Å². The molecule has 2 N–H and O–H groups in total. The molecule has 1 fully saturated rings. The average Bonchev–Trinajstić information content (AvgIpc) is 3.09. The number of nitrogens with zero attached hydrogens (tertiary/aromatic N) is 5. The molecule has 1 aliphatic rings. The fourth-order valence-electron chi connectivity index (χ4n) is 3.44. The summed E-state index contributed by atoms with van der Waals surface area (Å²) in [6.07, 6.45) is 7.11. The van der Waals surface area contributed by atoms with Gasteiger partial charge in [-0.25, -0.2) is 4.68 Å². The van der Waals surface area contributed by atoms with Crippen LogP contribution in [0.2, 0.25) is 0 Å². The molecule has 1 aromatic heterocycles. The third-order valence-corrected chi connectivity index (χ3v) is 6.16. The molecule has 0 bridgehead atoms. The molecule has 1 aromatic carbocycles. The third-order valence-electron chi connectivity index (χ3n) is 5.09. The minimum atomic E-state index is -0.466. The number of nitrogens with one attached hydrogen (secondary N) is 2. The first-order chi connectivity index (χ1) is 14.9. The van der Waals surface area contributed by atoms with Gasteiger partial charge < -0.3 is 15.5 Å². The summed E-state index contributed by atoms with van der Waals surface area (Å²) in [5.41, 5.74) is 1.76. The van der Waals surface area contributed by atoms with Crippen molar-refractivity contribution in [3.63, 3.8) is 0 Å². The summed E-state index contributed by atoms with van der Waals surface area (Å²) in [4.78, 5) is 18.3. The zero-order valence-corrected chi connectivity index (χ0v) is 19.2. The summed E-state index contributed by atoms with van der Waals surface area (Å²) in [5.74, 6) is 0.355. The van der Waals surface area contributed by atoms with Crippen molar-refractivity contribution in [1.29, 1.82) is 0 Å². The lowest BCUT2D eigenvalue weighted by molar-refractivity contribution is -0.403. The molecule has 1 saturated carbocycles. The molecule has 9 nitrogen and oxygen atoms in total. The van der Waals surface area contributed by atoms with E-state index < -0.39 is 4.92 Å². The van der Waals surface area contributed by atoms with Crippen LogP contribution in [0.5, 0.6) is 0 Å². The number of nitro groups is 1. The highest BCUT2D eigenvalue weighted by Gasteiger charge is 2.13. The number of hydrogen-bond donors (Lipinski definition) is 2. The number of rotatable bonds is 9. The molecule has 0 saturated heterocycles. The lowest BCUT2D eigenvalue weighted by Gasteiger charge is -2.16. The molecule has 1 aliphatic carbocycles. The maximum absolute atomic E-state index is 10.9. The van der Waals surface area contributed by atoms with E-state index in [0.29, 0.717) is 18.4 Å². The van der Waals surface area contributed by atoms with Crippen LogP contribution in [0.4, 0.5) is 5.69 Å². The van der Waals surface area contributed by atoms with Gasteiger partial charge in [-0.05, 0) is 51.2 Å². The zero-order chi connectivity index (χ0) is 22.2. The zero-order valence-electron chi connectivity index (χ0n) is 18.4. The van der Waals surface area contributed by atoms with E-state index in [-0.39, 0.29) is 0 Å². The highest BCUT2D eigenvalue weighted by Crippen LogP contribution is 2.23. The first-order valence-electron chi connectivity index (χ1n) is 10.6. The maximum atomic E-state index is 10.9. The van der Waals surface area contributed by atoms with E-state index in [1.807, 2.05) is 55.0 Å². The number of hydrogen-bond acceptors (Lipinski definition) is 8. The van der Waals surface area contributed by atoms with Gasteiger partial charge in [-0.15, -0.1) is 0 Å². The molecule has 10 heteroatoms. The normalized spacial score (nSPS) is 16.0. The van der Waals surface area contributed by atoms with Crippen molar-refractivity contribution in [3.05, 3.63) is 51.2 Å². The van der Waals surface area contributed by atoms with Crippen molar-refractivity contribution in [2.45, 2.75) is 38.1 Å². The van der Waals surface area contributed by atoms with Crippen molar-refractivity contribution in [3.8, 4) is 10.6 Å². The summed E-state index contributed by atoms with van der Waals surface area (Å²) in [5, 5.41) is 22.6. The minimum Gasteiger partial charge on any atom is -0.365 e. The van der Waals surface area contributed by atoms with Gasteiger partial charge in [0.15, 0.2) is 5.82 Å². The Labute approximate surface area is 186 Å². The molecule has 1 heterocycles. The van der Waals surface area contributed by atoms with Crippen LogP contribution in [0.15, 0.2) is 41.3 Å². The molecule has 3 rings (SSSR count). The molecular formula is C21H31N7O2S. The summed E-state index contributed by atoms with van der Waals surface area (Å²) < 4.78 is 1.85. The average molecular weight is 446 g/mol. The quantitative estimate of drug-likeness (QED) is 0.455. The van der Waals surface area contributed by atoms with Gasteiger partial charge in [-0.1, -0.05) is 30.6 Å². The van der Waals surface area contributed by atoms with E-state index in [1.54, 1.807) is 11.3 Å². The van der Waals surface area contributed by atoms with Gasteiger partial charge in [-0.2, -0.15) is 5.10 Å². The third kappa shape index (κ3) is 7.18. The lowest BCUT2D eigenvalue weighted by atomic mass is 9.96. The monoisotopic (exact) mass is 445 g/mol. The van der Waals surface area contributed by atoms with Crippen molar-refractivity contribution in [1.82, 2.24) is 20.0 Å². The van der Waals surface area contributed by atoms with Crippen LogP contribution in [0.1, 0.15) is 32.1 Å². The second-order valence-corrected chi connectivity index (χ2v) is 8.95. The maximum Gasteiger partial charge on any atom is 0.274 e. The number of anilines is 1. The molecule has 0 atom stereocenters. The summed E-state index contributed by atoms with van der Waals surface area (Å²) in [7, 11) is 5.85. The molecule has 31 heavy (non-hydrogen) atoms. The number of likely N-dealkylation sites (N-methyl/N-ethyl adjacent to an activating group) is 1. The molecule has 2 aromatic rings. The Kier molecular flexibility index (Phi) is 8.19. The van der Waals surface area contributed by atoms with Gasteiger partial charge >= 0.3 is 0 Å². The molecule has 0 spiro atoms. The lowest BCUT2D eigenvalue weighted by Crippen LogP contribution is -2.29. The Balaban J connectivity index is 1.70. The van der Waals surface area contributed by atoms with Crippen molar-refractivity contribution in [2.75, 3.05) is 32.5 Å². The van der Waals surface area contributed by atoms with E-state index in [2.05, 4.69) is 15.7 Å². The molecule has 0 amide bonds. The van der Waals surface area contributed by atoms with Crippen LogP contribution in [-0.2, 0) is 7.05 Å². The predicted molar refractivity (Wildman–Crippen MR) is 124 cm³/mol. The van der Waals surface area contributed by atoms with Crippen molar-refractivity contribution in [2.24, 2.45) is 12.0 Å². The Morgan fingerprint density at radius 3 is 2.68 bits per heavy atom. The van der Waals surface area contributed by atoms with Gasteiger partial charge in [0, 0.05) is 31.4 Å². The molecule has 0 unspecified atom stereocenters. The Hall–Kier alpha value is -2.72. The first kappa shape index (κ1) is 23.0. The summed E-state index contributed by atoms with van der Waals surface area (Å²) in [6.45, 7) is 1.37. The van der Waals surface area contributed by atoms with E-state index >= 15 is 0 Å². The van der Waals surface area contributed by atoms with E-state index in [0.717, 1.165) is 46.6 Å². The molecule has 0 aliphatic heterocycles. The first-order valence-corrected chi connectivity index (χ1v) is 11.4. The SMILES string of the molecule is CN(C)CCNC(=C[N+](=O)[O-])Nc1ccc(-c2nn(C)c(=NC3CCCCC3)s2)cc1. The van der Waals surface area contributed by atoms with E-state index in [9.17, 15) is 10.1 Å². The standard InChI is InChI=1S/C21H31N7O2S/c1-26(2)14-13-22-19(15-28(29)30)23-18-11-9-16(10-12-18)20-25-27(3)21(31-20)24-17-7-5-4-6-8-17/h9-12,15,17,22-23H,4-8,13-14H2,1-3H3. The summed E-state index contributed by atoms with van der Waals surface area (Å²) >= 11 is 1.60. The van der Waals surface area contributed by atoms with Crippen LogP contribution < -0.4 is 15.4 Å². The Morgan fingerprint density at radius 1 is 1.32 bits per heavy atom. The molecule has 168 valence electrons. The van der Waals surface area contributed by atoms with E-state index in [1.165, 1.54) is 19.3 Å².